The maximum absolute atomic E-state index is 11.7. The number of hydrogen-bond acceptors (Lipinski definition) is 3. The SMILES string of the molecule is C=C(CC)C(=O)Oc1cc2ccccc2cc1C#N. The van der Waals surface area contributed by atoms with E-state index in [0.29, 0.717) is 17.6 Å². The number of benzene rings is 2. The number of hydrogen-bond donors (Lipinski definition) is 0. The van der Waals surface area contributed by atoms with Crippen molar-refractivity contribution >= 4 is 16.7 Å². The molecule has 0 spiro atoms. The lowest BCUT2D eigenvalue weighted by molar-refractivity contribution is -0.130. The van der Waals surface area contributed by atoms with Gasteiger partial charge in [-0.25, -0.2) is 4.79 Å². The monoisotopic (exact) mass is 251 g/mol. The first-order valence-electron chi connectivity index (χ1n) is 5.98. The third-order valence-electron chi connectivity index (χ3n) is 2.89. The van der Waals surface area contributed by atoms with Gasteiger partial charge in [-0.2, -0.15) is 5.26 Å². The fourth-order valence-electron chi connectivity index (χ4n) is 1.71. The van der Waals surface area contributed by atoms with Crippen LogP contribution in [-0.4, -0.2) is 5.97 Å². The Labute approximate surface area is 111 Å². The van der Waals surface area contributed by atoms with Crippen molar-refractivity contribution in [2.75, 3.05) is 0 Å². The van der Waals surface area contributed by atoms with Crippen LogP contribution in [0, 0.1) is 11.3 Å². The number of carbonyl (C=O) groups excluding carboxylic acids is 1. The predicted octanol–water partition coefficient (Wildman–Crippen LogP) is 3.58. The fourth-order valence-corrected chi connectivity index (χ4v) is 1.71. The van der Waals surface area contributed by atoms with Crippen LogP contribution in [0.5, 0.6) is 5.75 Å². The zero-order chi connectivity index (χ0) is 13.8. The first kappa shape index (κ1) is 12.8. The predicted molar refractivity (Wildman–Crippen MR) is 73.7 cm³/mol. The molecule has 94 valence electrons. The lowest BCUT2D eigenvalue weighted by Gasteiger charge is -2.08. The molecule has 2 rings (SSSR count). The summed E-state index contributed by atoms with van der Waals surface area (Å²) >= 11 is 0. The molecule has 0 radical (unpaired) electrons. The summed E-state index contributed by atoms with van der Waals surface area (Å²) in [5.74, 6) is -0.213. The molecule has 0 bridgehead atoms. The zero-order valence-electron chi connectivity index (χ0n) is 10.6. The molecule has 3 heteroatoms. The first-order chi connectivity index (χ1) is 9.15. The fraction of sp³-hybridized carbons (Fsp3) is 0.125. The van der Waals surface area contributed by atoms with E-state index in [1.165, 1.54) is 0 Å². The van der Waals surface area contributed by atoms with Crippen LogP contribution in [0.25, 0.3) is 10.8 Å². The van der Waals surface area contributed by atoms with Gasteiger partial charge in [0.2, 0.25) is 0 Å². The maximum Gasteiger partial charge on any atom is 0.338 e. The summed E-state index contributed by atoms with van der Waals surface area (Å²) in [6, 6.07) is 13.1. The minimum Gasteiger partial charge on any atom is -0.422 e. The lowest BCUT2D eigenvalue weighted by Crippen LogP contribution is -2.10. The van der Waals surface area contributed by atoms with E-state index < -0.39 is 5.97 Å². The Balaban J connectivity index is 2.45. The molecule has 2 aromatic carbocycles. The van der Waals surface area contributed by atoms with Gasteiger partial charge in [0, 0.05) is 5.57 Å². The van der Waals surface area contributed by atoms with Gasteiger partial charge in [-0.15, -0.1) is 0 Å². The Kier molecular flexibility index (Phi) is 3.63. The Morgan fingerprint density at radius 3 is 2.53 bits per heavy atom. The number of esters is 1. The molecule has 19 heavy (non-hydrogen) atoms. The summed E-state index contributed by atoms with van der Waals surface area (Å²) in [7, 11) is 0. The zero-order valence-corrected chi connectivity index (χ0v) is 10.6. The standard InChI is InChI=1S/C16H13NO2/c1-3-11(2)16(18)19-15-9-13-7-5-4-6-12(13)8-14(15)10-17/h4-9H,2-3H2,1H3. The van der Waals surface area contributed by atoms with Gasteiger partial charge >= 0.3 is 5.97 Å². The minimum absolute atomic E-state index is 0.279. The van der Waals surface area contributed by atoms with Crippen molar-refractivity contribution in [1.82, 2.24) is 0 Å². The molecule has 0 aliphatic carbocycles. The van der Waals surface area contributed by atoms with Gasteiger partial charge < -0.3 is 4.74 Å². The molecule has 0 atom stereocenters. The number of ether oxygens (including phenoxy) is 1. The molecule has 0 aliphatic rings. The van der Waals surface area contributed by atoms with E-state index in [1.54, 1.807) is 12.1 Å². The molecular weight excluding hydrogens is 238 g/mol. The molecule has 0 amide bonds. The van der Waals surface area contributed by atoms with Crippen LogP contribution in [0.2, 0.25) is 0 Å². The van der Waals surface area contributed by atoms with Crippen molar-refractivity contribution in [3.05, 3.63) is 54.1 Å². The van der Waals surface area contributed by atoms with E-state index >= 15 is 0 Å². The smallest absolute Gasteiger partial charge is 0.338 e. The summed E-state index contributed by atoms with van der Waals surface area (Å²) < 4.78 is 5.24. The molecular formula is C16H13NO2. The van der Waals surface area contributed by atoms with Gasteiger partial charge in [0.1, 0.15) is 11.8 Å². The Morgan fingerprint density at radius 1 is 1.32 bits per heavy atom. The van der Waals surface area contributed by atoms with Crippen molar-refractivity contribution in [2.24, 2.45) is 0 Å². The van der Waals surface area contributed by atoms with Crippen LogP contribution in [0.4, 0.5) is 0 Å². The van der Waals surface area contributed by atoms with E-state index in [2.05, 4.69) is 6.58 Å². The topological polar surface area (TPSA) is 50.1 Å². The molecule has 0 fully saturated rings. The van der Waals surface area contributed by atoms with Crippen LogP contribution in [0.1, 0.15) is 18.9 Å². The number of fused-ring (bicyclic) bond motifs is 1. The molecule has 3 nitrogen and oxygen atoms in total. The minimum atomic E-state index is -0.491. The Morgan fingerprint density at radius 2 is 1.95 bits per heavy atom. The van der Waals surface area contributed by atoms with E-state index in [9.17, 15) is 4.79 Å². The third kappa shape index (κ3) is 2.63. The highest BCUT2D eigenvalue weighted by molar-refractivity contribution is 5.91. The second-order valence-corrected chi connectivity index (χ2v) is 4.15. The highest BCUT2D eigenvalue weighted by Crippen LogP contribution is 2.26. The molecule has 0 heterocycles. The Bertz CT molecular complexity index is 695. The highest BCUT2D eigenvalue weighted by atomic mass is 16.5. The number of carbonyl (C=O) groups is 1. The molecule has 0 unspecified atom stereocenters. The highest BCUT2D eigenvalue weighted by Gasteiger charge is 2.12. The van der Waals surface area contributed by atoms with Gasteiger partial charge in [0.05, 0.1) is 5.56 Å². The summed E-state index contributed by atoms with van der Waals surface area (Å²) in [5.41, 5.74) is 0.730. The number of rotatable bonds is 3. The van der Waals surface area contributed by atoms with E-state index in [0.717, 1.165) is 10.8 Å². The second-order valence-electron chi connectivity index (χ2n) is 4.15. The van der Waals surface area contributed by atoms with Crippen LogP contribution in [0.15, 0.2) is 48.6 Å². The molecule has 2 aromatic rings. The molecule has 0 saturated heterocycles. The summed E-state index contributed by atoms with van der Waals surface area (Å²) in [5, 5.41) is 11.0. The second kappa shape index (κ2) is 5.36. The largest absolute Gasteiger partial charge is 0.422 e. The summed E-state index contributed by atoms with van der Waals surface area (Å²) in [4.78, 5) is 11.7. The van der Waals surface area contributed by atoms with Gasteiger partial charge in [-0.3, -0.25) is 0 Å². The van der Waals surface area contributed by atoms with Crippen LogP contribution >= 0.6 is 0 Å². The van der Waals surface area contributed by atoms with Crippen LogP contribution < -0.4 is 4.74 Å². The molecule has 0 aliphatic heterocycles. The van der Waals surface area contributed by atoms with Crippen molar-refractivity contribution in [2.45, 2.75) is 13.3 Å². The van der Waals surface area contributed by atoms with Gasteiger partial charge in [-0.1, -0.05) is 37.8 Å². The number of nitrogens with zero attached hydrogens (tertiary/aromatic N) is 1. The van der Waals surface area contributed by atoms with Gasteiger partial charge in [0.15, 0.2) is 0 Å². The van der Waals surface area contributed by atoms with Crippen molar-refractivity contribution < 1.29 is 9.53 Å². The summed E-state index contributed by atoms with van der Waals surface area (Å²) in [6.07, 6.45) is 0.522. The normalized spacial score (nSPS) is 9.89. The maximum atomic E-state index is 11.7. The average Bonchev–Trinajstić information content (AvgIpc) is 2.45. The van der Waals surface area contributed by atoms with E-state index in [-0.39, 0.29) is 5.75 Å². The van der Waals surface area contributed by atoms with E-state index in [4.69, 9.17) is 10.00 Å². The summed E-state index contributed by atoms with van der Waals surface area (Å²) in [6.45, 7) is 5.46. The van der Waals surface area contributed by atoms with E-state index in [1.807, 2.05) is 37.3 Å². The van der Waals surface area contributed by atoms with Gasteiger partial charge in [0.25, 0.3) is 0 Å². The molecule has 0 saturated carbocycles. The van der Waals surface area contributed by atoms with Crippen molar-refractivity contribution in [3.8, 4) is 11.8 Å². The van der Waals surface area contributed by atoms with Crippen molar-refractivity contribution in [1.29, 1.82) is 5.26 Å². The Hall–Kier alpha value is -2.60. The number of nitriles is 1. The molecule has 0 aromatic heterocycles. The van der Waals surface area contributed by atoms with Crippen LogP contribution in [0.3, 0.4) is 0 Å². The lowest BCUT2D eigenvalue weighted by atomic mass is 10.1. The van der Waals surface area contributed by atoms with Crippen LogP contribution in [-0.2, 0) is 4.79 Å². The molecule has 0 N–H and O–H groups in total. The van der Waals surface area contributed by atoms with Gasteiger partial charge in [-0.05, 0) is 29.3 Å². The third-order valence-corrected chi connectivity index (χ3v) is 2.89. The first-order valence-corrected chi connectivity index (χ1v) is 5.98. The van der Waals surface area contributed by atoms with Crippen molar-refractivity contribution in [3.63, 3.8) is 0 Å². The average molecular weight is 251 g/mol. The quantitative estimate of drug-likeness (QED) is 0.476.